The Kier molecular flexibility index (Phi) is 4.08. The van der Waals surface area contributed by atoms with E-state index in [9.17, 15) is 9.90 Å². The van der Waals surface area contributed by atoms with Crippen molar-refractivity contribution in [3.8, 4) is 5.75 Å². The zero-order valence-electron chi connectivity index (χ0n) is 11.9. The van der Waals surface area contributed by atoms with E-state index in [1.54, 1.807) is 46.2 Å². The van der Waals surface area contributed by atoms with Crippen molar-refractivity contribution in [1.29, 1.82) is 0 Å². The number of carbonyl (C=O) groups excluding carboxylic acids is 1. The number of aromatic nitrogens is 2. The minimum absolute atomic E-state index is 0.0510. The minimum Gasteiger partial charge on any atom is -0.508 e. The molecule has 1 atom stereocenters. The van der Waals surface area contributed by atoms with Gasteiger partial charge in [0, 0.05) is 25.0 Å². The van der Waals surface area contributed by atoms with Gasteiger partial charge in [-0.05, 0) is 38.5 Å². The lowest BCUT2D eigenvalue weighted by Crippen LogP contribution is -2.36. The van der Waals surface area contributed by atoms with Crippen molar-refractivity contribution in [3.05, 3.63) is 42.2 Å². The van der Waals surface area contributed by atoms with Gasteiger partial charge in [-0.25, -0.2) is 0 Å². The average molecular weight is 273 g/mol. The third kappa shape index (κ3) is 2.66. The Morgan fingerprint density at radius 1 is 1.50 bits per heavy atom. The Hall–Kier alpha value is -2.30. The molecule has 5 nitrogen and oxygen atoms in total. The van der Waals surface area contributed by atoms with Crippen LogP contribution in [0.5, 0.6) is 5.75 Å². The molecule has 0 saturated carbocycles. The molecule has 0 bridgehead atoms. The van der Waals surface area contributed by atoms with Crippen LogP contribution in [-0.2, 0) is 4.79 Å². The van der Waals surface area contributed by atoms with Crippen LogP contribution in [0.3, 0.4) is 0 Å². The highest BCUT2D eigenvalue weighted by Crippen LogP contribution is 2.26. The van der Waals surface area contributed by atoms with E-state index in [1.165, 1.54) is 0 Å². The van der Waals surface area contributed by atoms with E-state index in [2.05, 4.69) is 5.10 Å². The van der Waals surface area contributed by atoms with E-state index in [0.29, 0.717) is 6.54 Å². The van der Waals surface area contributed by atoms with Crippen molar-refractivity contribution >= 4 is 11.6 Å². The fraction of sp³-hybridized carbons (Fsp3) is 0.333. The maximum absolute atomic E-state index is 12.6. The molecule has 0 fully saturated rings. The molecule has 1 heterocycles. The molecule has 1 amide bonds. The van der Waals surface area contributed by atoms with E-state index < -0.39 is 0 Å². The predicted octanol–water partition coefficient (Wildman–Crippen LogP) is 2.51. The number of rotatable bonds is 4. The first-order valence-electron chi connectivity index (χ1n) is 6.64. The van der Waals surface area contributed by atoms with Crippen LogP contribution in [0.2, 0.25) is 0 Å². The van der Waals surface area contributed by atoms with Gasteiger partial charge in [0.15, 0.2) is 0 Å². The third-order valence-corrected chi connectivity index (χ3v) is 3.34. The smallest absolute Gasteiger partial charge is 0.251 e. The van der Waals surface area contributed by atoms with Crippen molar-refractivity contribution < 1.29 is 9.90 Å². The van der Waals surface area contributed by atoms with E-state index in [1.807, 2.05) is 20.8 Å². The summed E-state index contributed by atoms with van der Waals surface area (Å²) < 4.78 is 1.63. The summed E-state index contributed by atoms with van der Waals surface area (Å²) in [5.41, 5.74) is 1.68. The van der Waals surface area contributed by atoms with Gasteiger partial charge in [-0.2, -0.15) is 5.10 Å². The number of likely N-dealkylation sites (N-methyl/N-ethyl adjacent to an activating group) is 1. The molecule has 2 aromatic rings. The molecular formula is C15H19N3O2. The second-order valence-corrected chi connectivity index (χ2v) is 4.72. The summed E-state index contributed by atoms with van der Waals surface area (Å²) >= 11 is 0. The monoisotopic (exact) mass is 273 g/mol. The highest BCUT2D eigenvalue weighted by molar-refractivity contribution is 5.96. The molecule has 1 aromatic carbocycles. The highest BCUT2D eigenvalue weighted by Gasteiger charge is 2.23. The first-order chi connectivity index (χ1) is 9.54. The van der Waals surface area contributed by atoms with Crippen LogP contribution in [0.1, 0.15) is 25.5 Å². The number of hydrogen-bond acceptors (Lipinski definition) is 3. The Balaban J connectivity index is 2.32. The molecule has 5 heteroatoms. The molecule has 2 rings (SSSR count). The van der Waals surface area contributed by atoms with E-state index >= 15 is 0 Å². The molecule has 20 heavy (non-hydrogen) atoms. The van der Waals surface area contributed by atoms with Crippen molar-refractivity contribution in [2.75, 3.05) is 11.4 Å². The average Bonchev–Trinajstić information content (AvgIpc) is 2.96. The molecular weight excluding hydrogens is 254 g/mol. The minimum atomic E-state index is -0.383. The number of amides is 1. The maximum atomic E-state index is 12.6. The van der Waals surface area contributed by atoms with Gasteiger partial charge in [0.25, 0.3) is 5.91 Å². The summed E-state index contributed by atoms with van der Waals surface area (Å²) in [7, 11) is 0. The first-order valence-corrected chi connectivity index (χ1v) is 6.64. The van der Waals surface area contributed by atoms with Crippen molar-refractivity contribution in [2.45, 2.75) is 26.8 Å². The van der Waals surface area contributed by atoms with Gasteiger partial charge >= 0.3 is 0 Å². The van der Waals surface area contributed by atoms with Crippen LogP contribution in [-0.4, -0.2) is 27.3 Å². The largest absolute Gasteiger partial charge is 0.508 e. The molecule has 0 aliphatic heterocycles. The SMILES string of the molecule is CCN(C(=O)C(C)n1cccn1)c1cc(O)ccc1C. The number of phenolic OH excluding ortho intramolecular Hbond substituents is 1. The van der Waals surface area contributed by atoms with Gasteiger partial charge < -0.3 is 10.0 Å². The number of aromatic hydroxyl groups is 1. The molecule has 0 saturated heterocycles. The number of aryl methyl sites for hydroxylation is 1. The van der Waals surface area contributed by atoms with E-state index in [0.717, 1.165) is 11.3 Å². The zero-order chi connectivity index (χ0) is 14.7. The Morgan fingerprint density at radius 3 is 2.85 bits per heavy atom. The standard InChI is InChI=1S/C15H19N3O2/c1-4-17(14-10-13(19)7-6-11(14)2)15(20)12(3)18-9-5-8-16-18/h5-10,12,19H,4H2,1-3H3. The van der Waals surface area contributed by atoms with Crippen molar-refractivity contribution in [1.82, 2.24) is 9.78 Å². The summed E-state index contributed by atoms with van der Waals surface area (Å²) in [6, 6.07) is 6.45. The second-order valence-electron chi connectivity index (χ2n) is 4.72. The van der Waals surface area contributed by atoms with Gasteiger partial charge in [0.05, 0.1) is 5.69 Å². The molecule has 1 N–H and O–H groups in total. The number of benzene rings is 1. The summed E-state index contributed by atoms with van der Waals surface area (Å²) in [4.78, 5) is 14.3. The van der Waals surface area contributed by atoms with Gasteiger partial charge in [-0.1, -0.05) is 6.07 Å². The fourth-order valence-corrected chi connectivity index (χ4v) is 2.18. The van der Waals surface area contributed by atoms with Crippen LogP contribution in [0.4, 0.5) is 5.69 Å². The molecule has 0 spiro atoms. The van der Waals surface area contributed by atoms with Crippen LogP contribution >= 0.6 is 0 Å². The van der Waals surface area contributed by atoms with Crippen LogP contribution in [0, 0.1) is 6.92 Å². The van der Waals surface area contributed by atoms with Gasteiger partial charge in [-0.15, -0.1) is 0 Å². The number of anilines is 1. The maximum Gasteiger partial charge on any atom is 0.251 e. The molecule has 106 valence electrons. The van der Waals surface area contributed by atoms with Crippen LogP contribution in [0.15, 0.2) is 36.7 Å². The summed E-state index contributed by atoms with van der Waals surface area (Å²) in [6.45, 7) is 6.19. The number of carbonyl (C=O) groups is 1. The Bertz CT molecular complexity index is 593. The fourth-order valence-electron chi connectivity index (χ4n) is 2.18. The van der Waals surface area contributed by atoms with Gasteiger partial charge in [-0.3, -0.25) is 9.48 Å². The normalized spacial score (nSPS) is 12.2. The summed E-state index contributed by atoms with van der Waals surface area (Å²) in [5.74, 6) is 0.105. The topological polar surface area (TPSA) is 58.4 Å². The van der Waals surface area contributed by atoms with Crippen molar-refractivity contribution in [3.63, 3.8) is 0 Å². The first kappa shape index (κ1) is 14.1. The lowest BCUT2D eigenvalue weighted by molar-refractivity contribution is -0.121. The Morgan fingerprint density at radius 2 is 2.25 bits per heavy atom. The molecule has 0 aliphatic rings. The van der Waals surface area contributed by atoms with Crippen LogP contribution in [0.25, 0.3) is 0 Å². The van der Waals surface area contributed by atoms with Crippen molar-refractivity contribution in [2.24, 2.45) is 0 Å². The molecule has 0 radical (unpaired) electrons. The quantitative estimate of drug-likeness (QED) is 0.931. The Labute approximate surface area is 118 Å². The lowest BCUT2D eigenvalue weighted by Gasteiger charge is -2.26. The molecule has 1 unspecified atom stereocenters. The number of hydrogen-bond donors (Lipinski definition) is 1. The zero-order valence-corrected chi connectivity index (χ0v) is 11.9. The summed E-state index contributed by atoms with van der Waals surface area (Å²) in [6.07, 6.45) is 3.42. The molecule has 1 aromatic heterocycles. The van der Waals surface area contributed by atoms with Crippen LogP contribution < -0.4 is 4.90 Å². The third-order valence-electron chi connectivity index (χ3n) is 3.34. The second kappa shape index (κ2) is 5.77. The lowest BCUT2D eigenvalue weighted by atomic mass is 10.1. The molecule has 0 aliphatic carbocycles. The number of phenols is 1. The predicted molar refractivity (Wildman–Crippen MR) is 77.8 cm³/mol. The van der Waals surface area contributed by atoms with Gasteiger partial charge in [0.1, 0.15) is 11.8 Å². The van der Waals surface area contributed by atoms with E-state index in [-0.39, 0.29) is 17.7 Å². The van der Waals surface area contributed by atoms with Gasteiger partial charge in [0.2, 0.25) is 0 Å². The van der Waals surface area contributed by atoms with E-state index in [4.69, 9.17) is 0 Å². The summed E-state index contributed by atoms with van der Waals surface area (Å²) in [5, 5.41) is 13.7. The highest BCUT2D eigenvalue weighted by atomic mass is 16.3. The number of nitrogens with zero attached hydrogens (tertiary/aromatic N) is 3.